The van der Waals surface area contributed by atoms with Crippen LogP contribution in [0.2, 0.25) is 0 Å². The molecule has 1 heterocycles. The molecule has 0 atom stereocenters. The molecule has 3 heteroatoms. The van der Waals surface area contributed by atoms with Gasteiger partial charge in [0.1, 0.15) is 0 Å². The predicted octanol–water partition coefficient (Wildman–Crippen LogP) is 5.36. The van der Waals surface area contributed by atoms with Crippen LogP contribution in [0.5, 0.6) is 0 Å². The average Bonchev–Trinajstić information content (AvgIpc) is 2.65. The topological polar surface area (TPSA) is 42.2 Å². The highest BCUT2D eigenvalue weighted by atomic mass is 16.7. The van der Waals surface area contributed by atoms with Gasteiger partial charge in [-0.15, -0.1) is 0 Å². The van der Waals surface area contributed by atoms with Crippen molar-refractivity contribution >= 4 is 0 Å². The molecule has 0 unspecified atom stereocenters. The maximum absolute atomic E-state index is 8.88. The minimum absolute atomic E-state index is 0.240. The molecule has 1 saturated heterocycles. The molecule has 1 aromatic rings. The van der Waals surface area contributed by atoms with Crippen LogP contribution in [0.1, 0.15) is 75.7 Å². The summed E-state index contributed by atoms with van der Waals surface area (Å²) in [5.74, 6) is 0.915. The number of nitriles is 1. The molecular formula is C21H29NO2. The van der Waals surface area contributed by atoms with E-state index in [0.717, 1.165) is 24.7 Å². The van der Waals surface area contributed by atoms with Gasteiger partial charge in [0.15, 0.2) is 6.29 Å². The van der Waals surface area contributed by atoms with Crippen molar-refractivity contribution < 1.29 is 9.47 Å². The summed E-state index contributed by atoms with van der Waals surface area (Å²) in [6.45, 7) is 3.88. The lowest BCUT2D eigenvalue weighted by Crippen LogP contribution is -2.41. The fourth-order valence-corrected chi connectivity index (χ4v) is 4.05. The zero-order valence-electron chi connectivity index (χ0n) is 14.8. The van der Waals surface area contributed by atoms with Gasteiger partial charge in [-0.25, -0.2) is 0 Å². The number of unbranched alkanes of at least 4 members (excludes halogenated alkanes) is 2. The fourth-order valence-electron chi connectivity index (χ4n) is 4.05. The largest absolute Gasteiger partial charge is 0.348 e. The van der Waals surface area contributed by atoms with Crippen LogP contribution in [0, 0.1) is 22.7 Å². The number of benzene rings is 1. The van der Waals surface area contributed by atoms with Crippen LogP contribution in [-0.2, 0) is 9.47 Å². The summed E-state index contributed by atoms with van der Waals surface area (Å²) in [5.41, 5.74) is 1.93. The van der Waals surface area contributed by atoms with Gasteiger partial charge >= 0.3 is 0 Å². The standard InChI is InChI=1S/C21H29NO2/c1-2-3-4-5-17-10-12-21(13-11-17)15-23-20(24-16-21)19-8-6-18(14-22)7-9-19/h6-9,17,20H,2-5,10-13,15-16H2,1H3. The van der Waals surface area contributed by atoms with Crippen molar-refractivity contribution in [1.82, 2.24) is 0 Å². The van der Waals surface area contributed by atoms with E-state index >= 15 is 0 Å². The Balaban J connectivity index is 1.47. The van der Waals surface area contributed by atoms with Gasteiger partial charge < -0.3 is 9.47 Å². The van der Waals surface area contributed by atoms with Crippen LogP contribution >= 0.6 is 0 Å². The number of hydrogen-bond acceptors (Lipinski definition) is 3. The van der Waals surface area contributed by atoms with E-state index in [-0.39, 0.29) is 11.7 Å². The zero-order valence-corrected chi connectivity index (χ0v) is 14.8. The molecule has 0 amide bonds. The van der Waals surface area contributed by atoms with Crippen molar-refractivity contribution in [3.05, 3.63) is 35.4 Å². The normalized spacial score (nSPS) is 30.2. The lowest BCUT2D eigenvalue weighted by molar-refractivity contribution is -0.242. The van der Waals surface area contributed by atoms with Gasteiger partial charge in [-0.1, -0.05) is 44.7 Å². The second kappa shape index (κ2) is 8.14. The molecule has 3 rings (SSSR count). The summed E-state index contributed by atoms with van der Waals surface area (Å²) < 4.78 is 12.1. The minimum Gasteiger partial charge on any atom is -0.348 e. The van der Waals surface area contributed by atoms with Gasteiger partial charge in [0.05, 0.1) is 24.8 Å². The van der Waals surface area contributed by atoms with Crippen molar-refractivity contribution in [2.24, 2.45) is 11.3 Å². The summed E-state index contributed by atoms with van der Waals surface area (Å²) in [6, 6.07) is 9.67. The van der Waals surface area contributed by atoms with Crippen molar-refractivity contribution in [3.8, 4) is 6.07 Å². The predicted molar refractivity (Wildman–Crippen MR) is 94.3 cm³/mol. The molecule has 0 aromatic heterocycles. The second-order valence-electron chi connectivity index (χ2n) is 7.63. The Hall–Kier alpha value is -1.37. The van der Waals surface area contributed by atoms with E-state index in [0.29, 0.717) is 5.56 Å². The number of rotatable bonds is 5. The SMILES string of the molecule is CCCCCC1CCC2(CC1)COC(c1ccc(C#N)cc1)OC2. The number of hydrogen-bond donors (Lipinski definition) is 0. The second-order valence-corrected chi connectivity index (χ2v) is 7.63. The molecule has 24 heavy (non-hydrogen) atoms. The van der Waals surface area contributed by atoms with Crippen LogP contribution in [0.25, 0.3) is 0 Å². The van der Waals surface area contributed by atoms with Crippen LogP contribution in [0.4, 0.5) is 0 Å². The molecule has 0 N–H and O–H groups in total. The first kappa shape index (κ1) is 17.5. The van der Waals surface area contributed by atoms with Crippen LogP contribution in [-0.4, -0.2) is 13.2 Å². The Morgan fingerprint density at radius 3 is 2.33 bits per heavy atom. The highest BCUT2D eigenvalue weighted by Gasteiger charge is 2.40. The average molecular weight is 327 g/mol. The van der Waals surface area contributed by atoms with Gasteiger partial charge in [0.25, 0.3) is 0 Å². The molecular weight excluding hydrogens is 298 g/mol. The van der Waals surface area contributed by atoms with E-state index in [9.17, 15) is 0 Å². The van der Waals surface area contributed by atoms with E-state index in [1.165, 1.54) is 51.4 Å². The van der Waals surface area contributed by atoms with Crippen molar-refractivity contribution in [2.45, 2.75) is 64.6 Å². The molecule has 0 radical (unpaired) electrons. The maximum atomic E-state index is 8.88. The van der Waals surface area contributed by atoms with Crippen molar-refractivity contribution in [3.63, 3.8) is 0 Å². The van der Waals surface area contributed by atoms with Gasteiger partial charge in [-0.3, -0.25) is 0 Å². The van der Waals surface area contributed by atoms with Crippen molar-refractivity contribution in [2.75, 3.05) is 13.2 Å². The Bertz CT molecular complexity index is 542. The Kier molecular flexibility index (Phi) is 5.92. The Labute approximate surface area is 146 Å². The van der Waals surface area contributed by atoms with E-state index < -0.39 is 0 Å². The molecule has 130 valence electrons. The lowest BCUT2D eigenvalue weighted by atomic mass is 9.70. The first-order valence-corrected chi connectivity index (χ1v) is 9.48. The number of ether oxygens (including phenoxy) is 2. The van der Waals surface area contributed by atoms with Crippen LogP contribution in [0.15, 0.2) is 24.3 Å². The molecule has 1 spiro atoms. The monoisotopic (exact) mass is 327 g/mol. The minimum atomic E-state index is -0.273. The molecule has 1 aromatic carbocycles. The van der Waals surface area contributed by atoms with E-state index in [1.54, 1.807) is 0 Å². The fraction of sp³-hybridized carbons (Fsp3) is 0.667. The summed E-state index contributed by atoms with van der Waals surface area (Å²) in [4.78, 5) is 0. The molecule has 1 saturated carbocycles. The molecule has 2 fully saturated rings. The highest BCUT2D eigenvalue weighted by molar-refractivity contribution is 5.32. The van der Waals surface area contributed by atoms with Crippen molar-refractivity contribution in [1.29, 1.82) is 5.26 Å². The van der Waals surface area contributed by atoms with E-state index in [2.05, 4.69) is 13.0 Å². The zero-order chi connectivity index (χ0) is 16.8. The first-order valence-electron chi connectivity index (χ1n) is 9.48. The highest BCUT2D eigenvalue weighted by Crippen LogP contribution is 2.45. The Morgan fingerprint density at radius 1 is 1.08 bits per heavy atom. The van der Waals surface area contributed by atoms with Gasteiger partial charge in [0.2, 0.25) is 0 Å². The van der Waals surface area contributed by atoms with Crippen LogP contribution < -0.4 is 0 Å². The molecule has 0 bridgehead atoms. The molecule has 1 aliphatic carbocycles. The summed E-state index contributed by atoms with van der Waals surface area (Å²) in [6.07, 6.45) is 10.4. The third-order valence-electron chi connectivity index (χ3n) is 5.78. The quantitative estimate of drug-likeness (QED) is 0.684. The van der Waals surface area contributed by atoms with Gasteiger partial charge in [0, 0.05) is 11.0 Å². The maximum Gasteiger partial charge on any atom is 0.183 e. The Morgan fingerprint density at radius 2 is 1.75 bits per heavy atom. The summed E-state index contributed by atoms with van der Waals surface area (Å²) in [5, 5.41) is 8.88. The molecule has 2 aliphatic rings. The van der Waals surface area contributed by atoms with Gasteiger partial charge in [-0.2, -0.15) is 5.26 Å². The van der Waals surface area contributed by atoms with Crippen LogP contribution in [0.3, 0.4) is 0 Å². The van der Waals surface area contributed by atoms with Gasteiger partial charge in [-0.05, 0) is 43.7 Å². The molecule has 3 nitrogen and oxygen atoms in total. The third kappa shape index (κ3) is 4.18. The van der Waals surface area contributed by atoms with E-state index in [1.807, 2.05) is 24.3 Å². The summed E-state index contributed by atoms with van der Waals surface area (Å²) in [7, 11) is 0. The van der Waals surface area contributed by atoms with E-state index in [4.69, 9.17) is 14.7 Å². The lowest BCUT2D eigenvalue weighted by Gasteiger charge is -2.44. The smallest absolute Gasteiger partial charge is 0.183 e. The summed E-state index contributed by atoms with van der Waals surface area (Å²) >= 11 is 0. The number of nitrogens with zero attached hydrogens (tertiary/aromatic N) is 1. The first-order chi connectivity index (χ1) is 11.7. The third-order valence-corrected chi connectivity index (χ3v) is 5.78. The molecule has 1 aliphatic heterocycles.